The van der Waals surface area contributed by atoms with Crippen molar-refractivity contribution < 1.29 is 19.1 Å². The summed E-state index contributed by atoms with van der Waals surface area (Å²) >= 11 is 0. The number of hydrogen-bond donors (Lipinski definition) is 1. The van der Waals surface area contributed by atoms with Crippen molar-refractivity contribution in [3.63, 3.8) is 0 Å². The fourth-order valence-electron chi connectivity index (χ4n) is 5.58. The molecule has 2 aromatic carbocycles. The minimum absolute atomic E-state index is 0.0323. The molecule has 0 saturated carbocycles. The zero-order valence-electron chi connectivity index (χ0n) is 25.8. The fraction of sp³-hybridized carbons (Fsp3) is 0.629. The third-order valence-electron chi connectivity index (χ3n) is 7.83. The zero-order valence-corrected chi connectivity index (χ0v) is 26.8. The minimum atomic E-state index is -2.72. The summed E-state index contributed by atoms with van der Waals surface area (Å²) < 4.78 is 12.2. The van der Waals surface area contributed by atoms with Crippen LogP contribution in [0.2, 0.25) is 5.04 Å². The molecule has 0 saturated heterocycles. The summed E-state index contributed by atoms with van der Waals surface area (Å²) in [4.78, 5) is 12.3. The molecule has 1 N–H and O–H groups in total. The second-order valence-electron chi connectivity index (χ2n) is 12.3. The van der Waals surface area contributed by atoms with Crippen molar-refractivity contribution >= 4 is 24.7 Å². The molecule has 0 bridgehead atoms. The smallest absolute Gasteiger partial charge is 0.305 e. The van der Waals surface area contributed by atoms with E-state index in [1.165, 1.54) is 81.0 Å². The number of benzene rings is 2. The molecule has 0 aliphatic carbocycles. The lowest BCUT2D eigenvalue weighted by Gasteiger charge is -2.43. The van der Waals surface area contributed by atoms with Gasteiger partial charge in [-0.25, -0.2) is 0 Å². The highest BCUT2D eigenvalue weighted by Crippen LogP contribution is 2.36. The Morgan fingerprint density at radius 3 is 1.55 bits per heavy atom. The molecule has 4 nitrogen and oxygen atoms in total. The SMILES string of the molecule is CCCCCCCCCCCCCCCC(=O)OC[C@@H](O)CO[Si](c1ccccc1)(c1ccccc1)C(C)(C)C. The van der Waals surface area contributed by atoms with E-state index in [1.807, 2.05) is 36.4 Å². The van der Waals surface area contributed by atoms with Crippen molar-refractivity contribution in [2.45, 2.75) is 129 Å². The van der Waals surface area contributed by atoms with Crippen LogP contribution in [0.3, 0.4) is 0 Å². The zero-order chi connectivity index (χ0) is 29.1. The second kappa shape index (κ2) is 19.2. The average molecular weight is 569 g/mol. The van der Waals surface area contributed by atoms with Crippen molar-refractivity contribution in [2.75, 3.05) is 13.2 Å². The van der Waals surface area contributed by atoms with E-state index < -0.39 is 14.4 Å². The van der Waals surface area contributed by atoms with E-state index in [9.17, 15) is 9.90 Å². The van der Waals surface area contributed by atoms with Crippen LogP contribution in [0.25, 0.3) is 0 Å². The summed E-state index contributed by atoms with van der Waals surface area (Å²) in [6, 6.07) is 20.7. The standard InChI is InChI=1S/C35H56O4Si/c1-5-6-7-8-9-10-11-12-13-14-15-16-23-28-34(37)38-29-31(36)30-39-40(35(2,3)4,32-24-19-17-20-25-32)33-26-21-18-22-27-33/h17-22,24-27,31,36H,5-16,23,28-30H2,1-4H3/t31-/m1/s1. The molecule has 224 valence electrons. The molecule has 40 heavy (non-hydrogen) atoms. The van der Waals surface area contributed by atoms with Gasteiger partial charge in [0.1, 0.15) is 12.7 Å². The number of carbonyl (C=O) groups excluding carboxylic acids is 1. The van der Waals surface area contributed by atoms with Crippen LogP contribution >= 0.6 is 0 Å². The summed E-state index contributed by atoms with van der Waals surface area (Å²) in [5.74, 6) is -0.229. The van der Waals surface area contributed by atoms with Gasteiger partial charge in [-0.2, -0.15) is 0 Å². The molecule has 0 radical (unpaired) electrons. The van der Waals surface area contributed by atoms with Crippen molar-refractivity contribution in [3.8, 4) is 0 Å². The summed E-state index contributed by atoms with van der Waals surface area (Å²) in [5.41, 5.74) is 0. The molecule has 0 spiro atoms. The molecule has 1 atom stereocenters. The Morgan fingerprint density at radius 1 is 0.700 bits per heavy atom. The quantitative estimate of drug-likeness (QED) is 0.0943. The Labute approximate surface area is 246 Å². The van der Waals surface area contributed by atoms with Gasteiger partial charge in [-0.05, 0) is 21.8 Å². The molecule has 0 amide bonds. The van der Waals surface area contributed by atoms with E-state index in [4.69, 9.17) is 9.16 Å². The highest BCUT2D eigenvalue weighted by atomic mass is 28.4. The van der Waals surface area contributed by atoms with Crippen molar-refractivity contribution in [3.05, 3.63) is 60.7 Å². The third-order valence-corrected chi connectivity index (χ3v) is 12.8. The number of aliphatic hydroxyl groups is 1. The predicted molar refractivity (Wildman–Crippen MR) is 171 cm³/mol. The van der Waals surface area contributed by atoms with Crippen LogP contribution < -0.4 is 10.4 Å². The number of esters is 1. The predicted octanol–water partition coefficient (Wildman–Crippen LogP) is 7.95. The van der Waals surface area contributed by atoms with Gasteiger partial charge in [-0.3, -0.25) is 4.79 Å². The van der Waals surface area contributed by atoms with Crippen LogP contribution in [-0.4, -0.2) is 38.7 Å². The van der Waals surface area contributed by atoms with Crippen LogP contribution in [0.5, 0.6) is 0 Å². The number of carbonyl (C=O) groups is 1. The van der Waals surface area contributed by atoms with E-state index in [0.717, 1.165) is 12.8 Å². The number of unbranched alkanes of at least 4 members (excludes halogenated alkanes) is 12. The highest BCUT2D eigenvalue weighted by molar-refractivity contribution is 6.99. The van der Waals surface area contributed by atoms with Gasteiger partial charge in [0.15, 0.2) is 0 Å². The fourth-order valence-corrected chi connectivity index (χ4v) is 10.2. The molecule has 0 aliphatic rings. The Bertz CT molecular complexity index is 870. The molecule has 0 fully saturated rings. The average Bonchev–Trinajstić information content (AvgIpc) is 2.95. The third kappa shape index (κ3) is 11.9. The molecule has 2 rings (SSSR count). The normalized spacial score (nSPS) is 12.8. The van der Waals surface area contributed by atoms with Gasteiger partial charge < -0.3 is 14.3 Å². The monoisotopic (exact) mass is 568 g/mol. The number of rotatable bonds is 21. The lowest BCUT2D eigenvalue weighted by atomic mass is 10.0. The number of aliphatic hydroxyl groups excluding tert-OH is 1. The van der Waals surface area contributed by atoms with Gasteiger partial charge in [0.25, 0.3) is 8.32 Å². The minimum Gasteiger partial charge on any atom is -0.463 e. The van der Waals surface area contributed by atoms with Crippen LogP contribution in [0.1, 0.15) is 118 Å². The molecule has 0 unspecified atom stereocenters. The van der Waals surface area contributed by atoms with Gasteiger partial charge in [-0.1, -0.05) is 165 Å². The number of hydrogen-bond acceptors (Lipinski definition) is 4. The largest absolute Gasteiger partial charge is 0.463 e. The van der Waals surface area contributed by atoms with Gasteiger partial charge in [0, 0.05) is 6.42 Å². The maximum atomic E-state index is 12.3. The van der Waals surface area contributed by atoms with E-state index in [0.29, 0.717) is 6.42 Å². The summed E-state index contributed by atoms with van der Waals surface area (Å²) in [5, 5.41) is 12.9. The van der Waals surface area contributed by atoms with Crippen LogP contribution in [0.15, 0.2) is 60.7 Å². The lowest BCUT2D eigenvalue weighted by molar-refractivity contribution is -0.147. The second-order valence-corrected chi connectivity index (χ2v) is 16.6. The van der Waals surface area contributed by atoms with E-state index >= 15 is 0 Å². The van der Waals surface area contributed by atoms with Crippen LogP contribution in [-0.2, 0) is 14.0 Å². The highest BCUT2D eigenvalue weighted by Gasteiger charge is 2.50. The van der Waals surface area contributed by atoms with Gasteiger partial charge >= 0.3 is 5.97 Å². The molecule has 0 heterocycles. The molecule has 0 aromatic heterocycles. The summed E-state index contributed by atoms with van der Waals surface area (Å²) in [6.45, 7) is 8.99. The summed E-state index contributed by atoms with van der Waals surface area (Å²) in [7, 11) is -2.72. The first-order chi connectivity index (χ1) is 19.3. The van der Waals surface area contributed by atoms with Crippen molar-refractivity contribution in [1.82, 2.24) is 0 Å². The van der Waals surface area contributed by atoms with E-state index in [-0.39, 0.29) is 24.2 Å². The van der Waals surface area contributed by atoms with E-state index in [2.05, 4.69) is 52.0 Å². The van der Waals surface area contributed by atoms with Gasteiger partial charge in [-0.15, -0.1) is 0 Å². The molecule has 2 aromatic rings. The van der Waals surface area contributed by atoms with Crippen molar-refractivity contribution in [1.29, 1.82) is 0 Å². The Balaban J connectivity index is 1.69. The van der Waals surface area contributed by atoms with Gasteiger partial charge in [0.05, 0.1) is 6.61 Å². The van der Waals surface area contributed by atoms with Crippen LogP contribution in [0.4, 0.5) is 0 Å². The maximum absolute atomic E-state index is 12.3. The molecule has 5 heteroatoms. The first kappa shape index (κ1) is 34.2. The molecule has 0 aliphatic heterocycles. The maximum Gasteiger partial charge on any atom is 0.305 e. The van der Waals surface area contributed by atoms with Gasteiger partial charge in [0.2, 0.25) is 0 Å². The van der Waals surface area contributed by atoms with Crippen LogP contribution in [0, 0.1) is 0 Å². The Kier molecular flexibility index (Phi) is 16.5. The van der Waals surface area contributed by atoms with Crippen molar-refractivity contribution in [2.24, 2.45) is 0 Å². The number of ether oxygens (including phenoxy) is 1. The summed E-state index contributed by atoms with van der Waals surface area (Å²) in [6.07, 6.45) is 16.2. The first-order valence-corrected chi connectivity index (χ1v) is 17.8. The Morgan fingerprint density at radius 2 is 1.12 bits per heavy atom. The Hall–Kier alpha value is -1.95. The molecular weight excluding hydrogens is 512 g/mol. The molecular formula is C35H56O4Si. The topological polar surface area (TPSA) is 55.8 Å². The lowest BCUT2D eigenvalue weighted by Crippen LogP contribution is -2.67. The first-order valence-electron chi connectivity index (χ1n) is 15.9. The van der Waals surface area contributed by atoms with E-state index in [1.54, 1.807) is 0 Å².